The Morgan fingerprint density at radius 2 is 2.06 bits per heavy atom. The van der Waals surface area contributed by atoms with Gasteiger partial charge in [-0.1, -0.05) is 6.42 Å². The molecule has 16 heavy (non-hydrogen) atoms. The summed E-state index contributed by atoms with van der Waals surface area (Å²) in [5.41, 5.74) is -0.718. The Morgan fingerprint density at radius 1 is 1.44 bits per heavy atom. The molecule has 0 aliphatic heterocycles. The largest absolute Gasteiger partial charge is 0.480 e. The average molecular weight is 226 g/mol. The molecule has 2 aliphatic rings. The van der Waals surface area contributed by atoms with E-state index < -0.39 is 11.5 Å². The number of nitrogens with zero attached hydrogens (tertiary/aromatic N) is 1. The van der Waals surface area contributed by atoms with Crippen LogP contribution in [-0.2, 0) is 4.79 Å². The number of carboxylic acid groups (broad SMARTS) is 1. The first-order valence-electron chi connectivity index (χ1n) is 6.22. The monoisotopic (exact) mass is 226 g/mol. The summed E-state index contributed by atoms with van der Waals surface area (Å²) in [6, 6.07) is 0.603. The second kappa shape index (κ2) is 4.34. The van der Waals surface area contributed by atoms with E-state index in [0.29, 0.717) is 18.5 Å². The standard InChI is InChI=1S/C12H22N2O2/c1-13-12(11(15)16,9-6-7-9)8-14(2)10-4-3-5-10/h9-10,13H,3-8H2,1-2H3,(H,15,16). The van der Waals surface area contributed by atoms with Crippen LogP contribution in [0.3, 0.4) is 0 Å². The number of nitrogens with one attached hydrogen (secondary N) is 1. The lowest BCUT2D eigenvalue weighted by Crippen LogP contribution is -2.60. The predicted octanol–water partition coefficient (Wildman–Crippen LogP) is 0.923. The van der Waals surface area contributed by atoms with Crippen molar-refractivity contribution in [1.82, 2.24) is 10.2 Å². The van der Waals surface area contributed by atoms with E-state index in [0.717, 1.165) is 12.8 Å². The quantitative estimate of drug-likeness (QED) is 0.707. The highest BCUT2D eigenvalue weighted by atomic mass is 16.4. The lowest BCUT2D eigenvalue weighted by Gasteiger charge is -2.40. The van der Waals surface area contributed by atoms with Gasteiger partial charge in [-0.25, -0.2) is 0 Å². The van der Waals surface area contributed by atoms with Gasteiger partial charge in [0.2, 0.25) is 0 Å². The van der Waals surface area contributed by atoms with Crippen LogP contribution in [0.2, 0.25) is 0 Å². The third-order valence-corrected chi connectivity index (χ3v) is 4.30. The van der Waals surface area contributed by atoms with Gasteiger partial charge in [0.05, 0.1) is 0 Å². The second-order valence-corrected chi connectivity index (χ2v) is 5.30. The van der Waals surface area contributed by atoms with Crippen LogP contribution in [0.1, 0.15) is 32.1 Å². The van der Waals surface area contributed by atoms with Gasteiger partial charge in [0.25, 0.3) is 0 Å². The van der Waals surface area contributed by atoms with Gasteiger partial charge in [0.1, 0.15) is 5.54 Å². The fourth-order valence-electron chi connectivity index (χ4n) is 2.69. The van der Waals surface area contributed by atoms with Gasteiger partial charge in [-0.15, -0.1) is 0 Å². The first-order valence-corrected chi connectivity index (χ1v) is 6.22. The van der Waals surface area contributed by atoms with Gasteiger partial charge in [-0.05, 0) is 45.7 Å². The lowest BCUT2D eigenvalue weighted by atomic mass is 9.87. The fraction of sp³-hybridized carbons (Fsp3) is 0.917. The van der Waals surface area contributed by atoms with Crippen molar-refractivity contribution in [2.24, 2.45) is 5.92 Å². The van der Waals surface area contributed by atoms with Crippen LogP contribution < -0.4 is 5.32 Å². The van der Waals surface area contributed by atoms with Gasteiger partial charge < -0.3 is 15.3 Å². The number of likely N-dealkylation sites (N-methyl/N-ethyl adjacent to an activating group) is 2. The molecular weight excluding hydrogens is 204 g/mol. The molecule has 0 saturated heterocycles. The minimum Gasteiger partial charge on any atom is -0.480 e. The summed E-state index contributed by atoms with van der Waals surface area (Å²) < 4.78 is 0. The number of carboxylic acids is 1. The van der Waals surface area contributed by atoms with E-state index in [1.54, 1.807) is 7.05 Å². The normalized spacial score (nSPS) is 25.2. The molecule has 0 radical (unpaired) electrons. The van der Waals surface area contributed by atoms with E-state index in [4.69, 9.17) is 0 Å². The molecule has 0 heterocycles. The number of carbonyl (C=O) groups is 1. The summed E-state index contributed by atoms with van der Waals surface area (Å²) in [6.07, 6.45) is 5.83. The van der Waals surface area contributed by atoms with Crippen molar-refractivity contribution in [3.63, 3.8) is 0 Å². The summed E-state index contributed by atoms with van der Waals surface area (Å²) in [7, 11) is 3.84. The van der Waals surface area contributed by atoms with E-state index in [9.17, 15) is 9.90 Å². The Bertz CT molecular complexity index is 274. The maximum atomic E-state index is 11.5. The molecule has 0 aromatic rings. The van der Waals surface area contributed by atoms with Crippen LogP contribution in [0.15, 0.2) is 0 Å². The highest BCUT2D eigenvalue weighted by molar-refractivity contribution is 5.80. The van der Waals surface area contributed by atoms with Gasteiger partial charge in [-0.2, -0.15) is 0 Å². The second-order valence-electron chi connectivity index (χ2n) is 5.30. The average Bonchev–Trinajstić information content (AvgIpc) is 2.94. The van der Waals surface area contributed by atoms with E-state index in [1.807, 2.05) is 0 Å². The fourth-order valence-corrected chi connectivity index (χ4v) is 2.69. The Hall–Kier alpha value is -0.610. The number of hydrogen-bond donors (Lipinski definition) is 2. The summed E-state index contributed by atoms with van der Waals surface area (Å²) >= 11 is 0. The summed E-state index contributed by atoms with van der Waals surface area (Å²) in [5.74, 6) is -0.374. The first kappa shape index (κ1) is 11.9. The maximum Gasteiger partial charge on any atom is 0.325 e. The van der Waals surface area contributed by atoms with Crippen molar-refractivity contribution in [2.75, 3.05) is 20.6 Å². The van der Waals surface area contributed by atoms with E-state index in [-0.39, 0.29) is 0 Å². The zero-order valence-electron chi connectivity index (χ0n) is 10.2. The minimum atomic E-state index is -0.718. The summed E-state index contributed by atoms with van der Waals surface area (Å²) in [4.78, 5) is 13.7. The first-order chi connectivity index (χ1) is 7.60. The van der Waals surface area contributed by atoms with Crippen LogP contribution in [0.25, 0.3) is 0 Å². The topological polar surface area (TPSA) is 52.6 Å². The van der Waals surface area contributed by atoms with Crippen molar-refractivity contribution in [3.8, 4) is 0 Å². The SMILES string of the molecule is CNC(CN(C)C1CCC1)(C(=O)O)C1CC1. The molecule has 4 heteroatoms. The molecule has 92 valence electrons. The Kier molecular flexibility index (Phi) is 3.22. The van der Waals surface area contributed by atoms with Crippen LogP contribution in [0, 0.1) is 5.92 Å². The Labute approximate surface area is 97.0 Å². The zero-order valence-corrected chi connectivity index (χ0v) is 10.2. The van der Waals surface area contributed by atoms with Crippen molar-refractivity contribution < 1.29 is 9.90 Å². The number of aliphatic carboxylic acids is 1. The smallest absolute Gasteiger partial charge is 0.325 e. The van der Waals surface area contributed by atoms with Crippen molar-refractivity contribution in [2.45, 2.75) is 43.7 Å². The zero-order chi connectivity index (χ0) is 11.8. The highest BCUT2D eigenvalue weighted by Crippen LogP contribution is 2.41. The van der Waals surface area contributed by atoms with Gasteiger partial charge in [0.15, 0.2) is 0 Å². The number of hydrogen-bond acceptors (Lipinski definition) is 3. The number of rotatable bonds is 6. The molecular formula is C12H22N2O2. The van der Waals surface area contributed by atoms with Crippen molar-refractivity contribution >= 4 is 5.97 Å². The molecule has 0 amide bonds. The third-order valence-electron chi connectivity index (χ3n) is 4.30. The highest BCUT2D eigenvalue weighted by Gasteiger charge is 2.51. The summed E-state index contributed by atoms with van der Waals surface area (Å²) in [6.45, 7) is 0.633. The Morgan fingerprint density at radius 3 is 2.38 bits per heavy atom. The molecule has 0 spiro atoms. The molecule has 0 aromatic heterocycles. The molecule has 2 aliphatic carbocycles. The minimum absolute atomic E-state index is 0.317. The molecule has 2 saturated carbocycles. The molecule has 0 bridgehead atoms. The third kappa shape index (κ3) is 1.96. The molecule has 2 rings (SSSR count). The van der Waals surface area contributed by atoms with Crippen LogP contribution in [0.5, 0.6) is 0 Å². The summed E-state index contributed by atoms with van der Waals surface area (Å²) in [5, 5.41) is 12.5. The molecule has 4 nitrogen and oxygen atoms in total. The maximum absolute atomic E-state index is 11.5. The van der Waals surface area contributed by atoms with Crippen molar-refractivity contribution in [3.05, 3.63) is 0 Å². The van der Waals surface area contributed by atoms with Crippen molar-refractivity contribution in [1.29, 1.82) is 0 Å². The molecule has 0 aromatic carbocycles. The lowest BCUT2D eigenvalue weighted by molar-refractivity contribution is -0.147. The molecule has 1 atom stereocenters. The van der Waals surface area contributed by atoms with Crippen LogP contribution >= 0.6 is 0 Å². The van der Waals surface area contributed by atoms with E-state index in [1.165, 1.54) is 19.3 Å². The van der Waals surface area contributed by atoms with Gasteiger partial charge >= 0.3 is 5.97 Å². The van der Waals surface area contributed by atoms with Gasteiger partial charge in [-0.3, -0.25) is 4.79 Å². The molecule has 2 fully saturated rings. The molecule has 1 unspecified atom stereocenters. The molecule has 2 N–H and O–H groups in total. The van der Waals surface area contributed by atoms with E-state index >= 15 is 0 Å². The Balaban J connectivity index is 2.03. The van der Waals surface area contributed by atoms with Crippen LogP contribution in [0.4, 0.5) is 0 Å². The van der Waals surface area contributed by atoms with Gasteiger partial charge in [0, 0.05) is 12.6 Å². The predicted molar refractivity (Wildman–Crippen MR) is 62.4 cm³/mol. The van der Waals surface area contributed by atoms with E-state index in [2.05, 4.69) is 17.3 Å². The van der Waals surface area contributed by atoms with Crippen LogP contribution in [-0.4, -0.2) is 48.2 Å².